The van der Waals surface area contributed by atoms with Crippen LogP contribution in [0.25, 0.3) is 0 Å². The van der Waals surface area contributed by atoms with E-state index in [1.54, 1.807) is 0 Å². The van der Waals surface area contributed by atoms with E-state index in [-0.39, 0.29) is 0 Å². The number of imidazole rings is 1. The van der Waals surface area contributed by atoms with Gasteiger partial charge in [-0.25, -0.2) is 4.98 Å². The molecular formula is C8H16N4. The molecule has 0 saturated carbocycles. The third-order valence-electron chi connectivity index (χ3n) is 1.77. The van der Waals surface area contributed by atoms with Gasteiger partial charge in [0.05, 0.1) is 0 Å². The van der Waals surface area contributed by atoms with Crippen LogP contribution in [-0.2, 0) is 13.5 Å². The molecule has 0 aliphatic carbocycles. The summed E-state index contributed by atoms with van der Waals surface area (Å²) in [7, 11) is 6.06. The standard InChI is InChI=1S/C8H16N4/c1-11(2)5-4-8-10-7(9)6-12(8)3/h6H,4-5,9H2,1-3H3. The zero-order valence-electron chi connectivity index (χ0n) is 7.91. The van der Waals surface area contributed by atoms with Gasteiger partial charge in [-0.2, -0.15) is 0 Å². The van der Waals surface area contributed by atoms with Crippen molar-refractivity contribution in [2.24, 2.45) is 7.05 Å². The number of aromatic nitrogens is 2. The maximum absolute atomic E-state index is 5.54. The lowest BCUT2D eigenvalue weighted by molar-refractivity contribution is 0.407. The highest BCUT2D eigenvalue weighted by Gasteiger charge is 2.02. The quantitative estimate of drug-likeness (QED) is 0.696. The van der Waals surface area contributed by atoms with Gasteiger partial charge in [0, 0.05) is 26.2 Å². The normalized spacial score (nSPS) is 11.0. The Hall–Kier alpha value is -1.03. The molecule has 1 aromatic heterocycles. The molecule has 0 aliphatic rings. The minimum Gasteiger partial charge on any atom is -0.382 e. The molecule has 0 radical (unpaired) electrons. The number of aryl methyl sites for hydroxylation is 1. The van der Waals surface area contributed by atoms with E-state index in [1.807, 2.05) is 31.9 Å². The molecule has 0 fully saturated rings. The maximum Gasteiger partial charge on any atom is 0.141 e. The van der Waals surface area contributed by atoms with E-state index in [2.05, 4.69) is 9.88 Å². The number of anilines is 1. The summed E-state index contributed by atoms with van der Waals surface area (Å²) < 4.78 is 1.97. The summed E-state index contributed by atoms with van der Waals surface area (Å²) in [5.74, 6) is 1.65. The summed E-state index contributed by atoms with van der Waals surface area (Å²) in [5, 5.41) is 0. The SMILES string of the molecule is CN(C)CCc1nc(N)cn1C. The third kappa shape index (κ3) is 2.23. The van der Waals surface area contributed by atoms with Crippen LogP contribution in [0.5, 0.6) is 0 Å². The average Bonchev–Trinajstić information content (AvgIpc) is 2.26. The second-order valence-corrected chi connectivity index (χ2v) is 3.25. The fraction of sp³-hybridized carbons (Fsp3) is 0.625. The lowest BCUT2D eigenvalue weighted by Gasteiger charge is -2.08. The molecule has 4 nitrogen and oxygen atoms in total. The number of nitrogens with zero attached hydrogens (tertiary/aromatic N) is 3. The monoisotopic (exact) mass is 168 g/mol. The molecule has 1 aromatic rings. The Bertz CT molecular complexity index is 252. The van der Waals surface area contributed by atoms with Crippen LogP contribution in [-0.4, -0.2) is 35.1 Å². The topological polar surface area (TPSA) is 47.1 Å². The lowest BCUT2D eigenvalue weighted by Crippen LogP contribution is -2.16. The molecule has 0 bridgehead atoms. The Morgan fingerprint density at radius 1 is 1.58 bits per heavy atom. The molecule has 2 N–H and O–H groups in total. The van der Waals surface area contributed by atoms with Crippen LogP contribution in [0.2, 0.25) is 0 Å². The zero-order valence-corrected chi connectivity index (χ0v) is 7.91. The Labute approximate surface area is 73.0 Å². The van der Waals surface area contributed by atoms with Crippen molar-refractivity contribution in [3.8, 4) is 0 Å². The van der Waals surface area contributed by atoms with Crippen LogP contribution in [0.15, 0.2) is 6.20 Å². The van der Waals surface area contributed by atoms with Crippen molar-refractivity contribution < 1.29 is 0 Å². The third-order valence-corrected chi connectivity index (χ3v) is 1.77. The van der Waals surface area contributed by atoms with Crippen molar-refractivity contribution in [1.29, 1.82) is 0 Å². The highest BCUT2D eigenvalue weighted by Crippen LogP contribution is 2.02. The van der Waals surface area contributed by atoms with Crippen molar-refractivity contribution >= 4 is 5.82 Å². The minimum absolute atomic E-state index is 0.603. The van der Waals surface area contributed by atoms with Crippen molar-refractivity contribution in [3.63, 3.8) is 0 Å². The molecule has 0 aromatic carbocycles. The van der Waals surface area contributed by atoms with Crippen LogP contribution < -0.4 is 5.73 Å². The first-order valence-electron chi connectivity index (χ1n) is 4.02. The summed E-state index contributed by atoms with van der Waals surface area (Å²) in [6.45, 7) is 1.00. The van der Waals surface area contributed by atoms with Crippen LogP contribution >= 0.6 is 0 Å². The molecule has 68 valence electrons. The lowest BCUT2D eigenvalue weighted by atomic mass is 10.4. The predicted molar refractivity (Wildman–Crippen MR) is 49.9 cm³/mol. The molecule has 0 amide bonds. The second kappa shape index (κ2) is 3.58. The Morgan fingerprint density at radius 2 is 2.25 bits per heavy atom. The summed E-state index contributed by atoms with van der Waals surface area (Å²) in [6.07, 6.45) is 2.78. The smallest absolute Gasteiger partial charge is 0.141 e. The van der Waals surface area contributed by atoms with Crippen LogP contribution in [0.1, 0.15) is 5.82 Å². The van der Waals surface area contributed by atoms with Gasteiger partial charge in [-0.15, -0.1) is 0 Å². The maximum atomic E-state index is 5.54. The van der Waals surface area contributed by atoms with Crippen LogP contribution in [0.4, 0.5) is 5.82 Å². The summed E-state index contributed by atoms with van der Waals surface area (Å²) in [5.41, 5.74) is 5.54. The molecule has 0 spiro atoms. The molecule has 1 rings (SSSR count). The van der Waals surface area contributed by atoms with E-state index in [4.69, 9.17) is 5.73 Å². The fourth-order valence-corrected chi connectivity index (χ4v) is 1.09. The van der Waals surface area contributed by atoms with Gasteiger partial charge in [0.1, 0.15) is 11.6 Å². The first kappa shape index (κ1) is 9.06. The fourth-order valence-electron chi connectivity index (χ4n) is 1.09. The minimum atomic E-state index is 0.603. The van der Waals surface area contributed by atoms with Crippen molar-refractivity contribution in [2.45, 2.75) is 6.42 Å². The van der Waals surface area contributed by atoms with Gasteiger partial charge in [0.25, 0.3) is 0 Å². The highest BCUT2D eigenvalue weighted by atomic mass is 15.1. The van der Waals surface area contributed by atoms with E-state index in [0.717, 1.165) is 18.8 Å². The highest BCUT2D eigenvalue weighted by molar-refractivity contribution is 5.25. The molecule has 12 heavy (non-hydrogen) atoms. The molecule has 0 saturated heterocycles. The summed E-state index contributed by atoms with van der Waals surface area (Å²) >= 11 is 0. The van der Waals surface area contributed by atoms with Gasteiger partial charge in [0.2, 0.25) is 0 Å². The Morgan fingerprint density at radius 3 is 2.67 bits per heavy atom. The van der Waals surface area contributed by atoms with E-state index < -0.39 is 0 Å². The molecule has 1 heterocycles. The van der Waals surface area contributed by atoms with Crippen molar-refractivity contribution in [3.05, 3.63) is 12.0 Å². The van der Waals surface area contributed by atoms with Gasteiger partial charge in [-0.05, 0) is 14.1 Å². The van der Waals surface area contributed by atoms with Gasteiger partial charge >= 0.3 is 0 Å². The average molecular weight is 168 g/mol. The zero-order chi connectivity index (χ0) is 9.14. The first-order valence-corrected chi connectivity index (χ1v) is 4.02. The number of hydrogen-bond acceptors (Lipinski definition) is 3. The van der Waals surface area contributed by atoms with Gasteiger partial charge < -0.3 is 15.2 Å². The van der Waals surface area contributed by atoms with Crippen molar-refractivity contribution in [1.82, 2.24) is 14.5 Å². The number of likely N-dealkylation sites (N-methyl/N-ethyl adjacent to an activating group) is 1. The molecule has 4 heteroatoms. The summed E-state index contributed by atoms with van der Waals surface area (Å²) in [6, 6.07) is 0. The molecular weight excluding hydrogens is 152 g/mol. The van der Waals surface area contributed by atoms with E-state index in [9.17, 15) is 0 Å². The molecule has 0 unspecified atom stereocenters. The Kier molecular flexibility index (Phi) is 2.70. The van der Waals surface area contributed by atoms with Crippen molar-refractivity contribution in [2.75, 3.05) is 26.4 Å². The Balaban J connectivity index is 2.57. The van der Waals surface area contributed by atoms with Gasteiger partial charge in [-0.1, -0.05) is 0 Å². The predicted octanol–water partition coefficient (Wildman–Crippen LogP) is 0.106. The number of rotatable bonds is 3. The van der Waals surface area contributed by atoms with E-state index in [1.165, 1.54) is 0 Å². The second-order valence-electron chi connectivity index (χ2n) is 3.25. The molecule has 0 aliphatic heterocycles. The van der Waals surface area contributed by atoms with E-state index in [0.29, 0.717) is 5.82 Å². The van der Waals surface area contributed by atoms with Gasteiger partial charge in [0.15, 0.2) is 0 Å². The van der Waals surface area contributed by atoms with Crippen LogP contribution in [0.3, 0.4) is 0 Å². The first-order chi connectivity index (χ1) is 5.59. The number of nitrogen functional groups attached to an aromatic ring is 1. The summed E-state index contributed by atoms with van der Waals surface area (Å²) in [4.78, 5) is 6.33. The van der Waals surface area contributed by atoms with Crippen LogP contribution in [0, 0.1) is 0 Å². The number of nitrogens with two attached hydrogens (primary N) is 1. The number of hydrogen-bond donors (Lipinski definition) is 1. The van der Waals surface area contributed by atoms with Gasteiger partial charge in [-0.3, -0.25) is 0 Å². The van der Waals surface area contributed by atoms with E-state index >= 15 is 0 Å². The molecule has 0 atom stereocenters. The largest absolute Gasteiger partial charge is 0.382 e.